The predicted octanol–water partition coefficient (Wildman–Crippen LogP) is 0.267. The summed E-state index contributed by atoms with van der Waals surface area (Å²) < 4.78 is 0. The summed E-state index contributed by atoms with van der Waals surface area (Å²) in [6.45, 7) is 0. The highest BCUT2D eigenvalue weighted by Gasteiger charge is 1.95. The van der Waals surface area contributed by atoms with Crippen LogP contribution in [0.5, 0.6) is 0 Å². The number of benzene rings is 1. The highest BCUT2D eigenvalue weighted by molar-refractivity contribution is 7.47. The Morgan fingerprint density at radius 2 is 2.00 bits per heavy atom. The normalized spacial score (nSPS) is 14.0. The molecule has 0 saturated heterocycles. The first-order valence-electron chi connectivity index (χ1n) is 3.51. The van der Waals surface area contributed by atoms with Gasteiger partial charge in [-0.1, -0.05) is 38.9 Å². The molecule has 0 aromatic heterocycles. The van der Waals surface area contributed by atoms with Crippen LogP contribution in [0.1, 0.15) is 0 Å². The second-order valence-corrected chi connectivity index (χ2v) is 3.65. The molecule has 0 aliphatic carbocycles. The summed E-state index contributed by atoms with van der Waals surface area (Å²) in [5.41, 5.74) is 5.20. The van der Waals surface area contributed by atoms with E-state index < -0.39 is 6.23 Å². The number of rotatable bonds is 3. The van der Waals surface area contributed by atoms with Crippen molar-refractivity contribution in [2.75, 3.05) is 6.16 Å². The molecule has 2 nitrogen and oxygen atoms in total. The van der Waals surface area contributed by atoms with E-state index in [0.29, 0.717) is 14.7 Å². The van der Waals surface area contributed by atoms with Crippen LogP contribution in [-0.4, -0.2) is 17.5 Å². The van der Waals surface area contributed by atoms with Crippen LogP contribution < -0.4 is 11.0 Å². The summed E-state index contributed by atoms with van der Waals surface area (Å²) >= 11 is 0. The number of aliphatic hydroxyl groups is 1. The van der Waals surface area contributed by atoms with Crippen molar-refractivity contribution in [3.05, 3.63) is 30.3 Å². The molecule has 1 aromatic carbocycles. The van der Waals surface area contributed by atoms with Crippen molar-refractivity contribution in [1.82, 2.24) is 0 Å². The molecule has 0 fully saturated rings. The van der Waals surface area contributed by atoms with Gasteiger partial charge in [0.1, 0.15) is 6.23 Å². The molecule has 0 bridgehead atoms. The maximum absolute atomic E-state index is 8.80. The van der Waals surface area contributed by atoms with Crippen LogP contribution in [0.3, 0.4) is 0 Å². The first-order valence-corrected chi connectivity index (χ1v) is 4.72. The van der Waals surface area contributed by atoms with E-state index in [4.69, 9.17) is 10.8 Å². The fraction of sp³-hybridized carbons (Fsp3) is 0.250. The Morgan fingerprint density at radius 3 is 2.55 bits per heavy atom. The van der Waals surface area contributed by atoms with Gasteiger partial charge >= 0.3 is 0 Å². The molecule has 2 atom stereocenters. The van der Waals surface area contributed by atoms with E-state index in [1.807, 2.05) is 30.3 Å². The summed E-state index contributed by atoms with van der Waals surface area (Å²) in [6.07, 6.45) is -0.0159. The topological polar surface area (TPSA) is 46.2 Å². The lowest BCUT2D eigenvalue weighted by Crippen LogP contribution is -2.21. The Labute approximate surface area is 68.2 Å². The molecule has 1 rings (SSSR count). The summed E-state index contributed by atoms with van der Waals surface area (Å²) in [7, 11) is 0.610. The Kier molecular flexibility index (Phi) is 3.50. The van der Waals surface area contributed by atoms with Gasteiger partial charge in [-0.3, -0.25) is 0 Å². The van der Waals surface area contributed by atoms with E-state index >= 15 is 0 Å². The average Bonchev–Trinajstić information content (AvgIpc) is 2.03. The largest absolute Gasteiger partial charge is 0.378 e. The van der Waals surface area contributed by atoms with Gasteiger partial charge in [-0.25, -0.2) is 0 Å². The van der Waals surface area contributed by atoms with Crippen LogP contribution in [-0.2, 0) is 0 Å². The fourth-order valence-electron chi connectivity index (χ4n) is 0.778. The molecule has 0 saturated carbocycles. The van der Waals surface area contributed by atoms with E-state index in [1.165, 1.54) is 5.30 Å². The summed E-state index contributed by atoms with van der Waals surface area (Å²) in [4.78, 5) is 0. The van der Waals surface area contributed by atoms with E-state index in [-0.39, 0.29) is 0 Å². The van der Waals surface area contributed by atoms with Crippen LogP contribution in [0.2, 0.25) is 0 Å². The van der Waals surface area contributed by atoms with E-state index in [2.05, 4.69) is 0 Å². The Morgan fingerprint density at radius 1 is 1.36 bits per heavy atom. The Bertz CT molecular complexity index is 201. The zero-order valence-electron chi connectivity index (χ0n) is 6.20. The standard InChI is InChI=1S/C8H12NOP/c9-8(10)6-11-7-4-2-1-3-5-7/h1-5,8,10-11H,6,9H2. The van der Waals surface area contributed by atoms with Gasteiger partial charge in [0.15, 0.2) is 0 Å². The number of hydrogen-bond acceptors (Lipinski definition) is 2. The number of aliphatic hydroxyl groups excluding tert-OH is 1. The first-order chi connectivity index (χ1) is 5.29. The van der Waals surface area contributed by atoms with E-state index in [1.54, 1.807) is 0 Å². The molecule has 11 heavy (non-hydrogen) atoms. The van der Waals surface area contributed by atoms with Crippen LogP contribution in [0.15, 0.2) is 30.3 Å². The monoisotopic (exact) mass is 169 g/mol. The second-order valence-electron chi connectivity index (χ2n) is 2.31. The average molecular weight is 169 g/mol. The van der Waals surface area contributed by atoms with Crippen molar-refractivity contribution in [2.45, 2.75) is 6.23 Å². The molecular formula is C8H12NOP. The van der Waals surface area contributed by atoms with Crippen molar-refractivity contribution in [3.63, 3.8) is 0 Å². The van der Waals surface area contributed by atoms with Crippen molar-refractivity contribution in [1.29, 1.82) is 0 Å². The van der Waals surface area contributed by atoms with Gasteiger partial charge in [0.25, 0.3) is 0 Å². The minimum Gasteiger partial charge on any atom is -0.378 e. The zero-order valence-corrected chi connectivity index (χ0v) is 7.20. The molecule has 0 aliphatic rings. The van der Waals surface area contributed by atoms with E-state index in [0.717, 1.165) is 0 Å². The quantitative estimate of drug-likeness (QED) is 0.504. The molecule has 0 heterocycles. The van der Waals surface area contributed by atoms with Crippen LogP contribution >= 0.6 is 8.58 Å². The van der Waals surface area contributed by atoms with Crippen molar-refractivity contribution in [2.24, 2.45) is 5.73 Å². The highest BCUT2D eigenvalue weighted by Crippen LogP contribution is 2.08. The fourth-order valence-corrected chi connectivity index (χ4v) is 1.65. The third kappa shape index (κ3) is 3.47. The highest BCUT2D eigenvalue weighted by atomic mass is 31.1. The van der Waals surface area contributed by atoms with Gasteiger partial charge in [0, 0.05) is 6.16 Å². The Balaban J connectivity index is 2.39. The second kappa shape index (κ2) is 4.45. The van der Waals surface area contributed by atoms with Gasteiger partial charge in [0.2, 0.25) is 0 Å². The lowest BCUT2D eigenvalue weighted by Gasteiger charge is -2.03. The zero-order chi connectivity index (χ0) is 8.10. The van der Waals surface area contributed by atoms with Crippen LogP contribution in [0.25, 0.3) is 0 Å². The van der Waals surface area contributed by atoms with Crippen molar-refractivity contribution in [3.8, 4) is 0 Å². The third-order valence-electron chi connectivity index (χ3n) is 1.29. The minimum atomic E-state index is -0.673. The van der Waals surface area contributed by atoms with Gasteiger partial charge in [-0.2, -0.15) is 0 Å². The molecule has 3 N–H and O–H groups in total. The molecule has 3 heteroatoms. The summed E-state index contributed by atoms with van der Waals surface area (Å²) in [5, 5.41) is 10.0. The Hall–Kier alpha value is -0.430. The summed E-state index contributed by atoms with van der Waals surface area (Å²) in [5.74, 6) is 0. The van der Waals surface area contributed by atoms with Gasteiger partial charge in [0.05, 0.1) is 0 Å². The lowest BCUT2D eigenvalue weighted by atomic mass is 10.4. The van der Waals surface area contributed by atoms with Gasteiger partial charge in [-0.05, 0) is 5.30 Å². The molecule has 0 spiro atoms. The molecular weight excluding hydrogens is 157 g/mol. The first kappa shape index (κ1) is 8.66. The molecule has 60 valence electrons. The molecule has 2 unspecified atom stereocenters. The number of hydrogen-bond donors (Lipinski definition) is 2. The van der Waals surface area contributed by atoms with Crippen molar-refractivity contribution >= 4 is 13.9 Å². The molecule has 0 aliphatic heterocycles. The SMILES string of the molecule is NC(O)CPc1ccccc1. The number of nitrogens with two attached hydrogens (primary N) is 1. The lowest BCUT2D eigenvalue weighted by molar-refractivity contribution is 0.207. The molecule has 1 aromatic rings. The third-order valence-corrected chi connectivity index (χ3v) is 2.65. The molecule has 0 amide bonds. The minimum absolute atomic E-state index is 0.610. The van der Waals surface area contributed by atoms with Crippen LogP contribution in [0, 0.1) is 0 Å². The van der Waals surface area contributed by atoms with E-state index in [9.17, 15) is 0 Å². The maximum atomic E-state index is 8.80. The van der Waals surface area contributed by atoms with Crippen LogP contribution in [0.4, 0.5) is 0 Å². The van der Waals surface area contributed by atoms with Gasteiger partial charge in [-0.15, -0.1) is 0 Å². The smallest absolute Gasteiger partial charge is 0.106 e. The van der Waals surface area contributed by atoms with Crippen molar-refractivity contribution < 1.29 is 5.11 Å². The molecule has 0 radical (unpaired) electrons. The summed E-state index contributed by atoms with van der Waals surface area (Å²) in [6, 6.07) is 10.0. The van der Waals surface area contributed by atoms with Gasteiger partial charge < -0.3 is 10.8 Å². The predicted molar refractivity (Wildman–Crippen MR) is 49.5 cm³/mol. The maximum Gasteiger partial charge on any atom is 0.106 e.